The van der Waals surface area contributed by atoms with E-state index in [1.54, 1.807) is 45.6 Å². The van der Waals surface area contributed by atoms with Gasteiger partial charge < -0.3 is 0 Å². The third kappa shape index (κ3) is 4.82. The van der Waals surface area contributed by atoms with E-state index >= 15 is 0 Å². The molecule has 15 saturated carbocycles. The molecule has 15 rings (SSSR count). The minimum absolute atomic E-state index is 0.272. The molecule has 0 radical (unpaired) electrons. The lowest BCUT2D eigenvalue weighted by Gasteiger charge is -2.61. The largest absolute Gasteiger partial charge is 0.297 e. The lowest BCUT2D eigenvalue weighted by atomic mass is 9.43. The van der Waals surface area contributed by atoms with Gasteiger partial charge in [-0.25, -0.2) is 0 Å². The summed E-state index contributed by atoms with van der Waals surface area (Å²) in [5, 5.41) is 19.1. The Hall–Kier alpha value is -1.33. The van der Waals surface area contributed by atoms with Crippen molar-refractivity contribution in [3.05, 3.63) is 0 Å². The van der Waals surface area contributed by atoms with Crippen molar-refractivity contribution >= 4 is 23.2 Å². The fourth-order valence-electron chi connectivity index (χ4n) is 9.78. The molecule has 0 unspecified atom stereocenters. The van der Waals surface area contributed by atoms with Crippen molar-refractivity contribution in [2.45, 2.75) is 122 Å². The monoisotopic (exact) mass is 546 g/mol. The molecular weight excluding hydrogens is 496 g/mol. The van der Waals surface area contributed by atoms with Crippen LogP contribution in [0.25, 0.3) is 0 Å². The van der Waals surface area contributed by atoms with Crippen LogP contribution in [0.2, 0.25) is 0 Å². The third-order valence-corrected chi connectivity index (χ3v) is 14.0. The Morgan fingerprint density at radius 3 is 1.05 bits per heavy atom. The van der Waals surface area contributed by atoms with E-state index in [0.29, 0.717) is 10.2 Å². The average molecular weight is 547 g/mol. The van der Waals surface area contributed by atoms with Crippen molar-refractivity contribution in [1.29, 1.82) is 10.5 Å². The van der Waals surface area contributed by atoms with Gasteiger partial charge in [-0.2, -0.15) is 10.5 Å². The summed E-state index contributed by atoms with van der Waals surface area (Å²) in [6, 6.07) is 2.18. The Morgan fingerprint density at radius 2 is 0.974 bits per heavy atom. The molecule has 0 aromatic carbocycles. The van der Waals surface area contributed by atoms with Crippen molar-refractivity contribution in [3.8, 4) is 11.5 Å². The topological polar surface area (TPSA) is 72.3 Å². The van der Waals surface area contributed by atoms with Crippen LogP contribution in [0.15, 0.2) is 9.98 Å². The number of aliphatic imine (C=N–C) groups is 2. The summed E-state index contributed by atoms with van der Waals surface area (Å²) < 4.78 is 0.472. The molecule has 15 fully saturated rings. The summed E-state index contributed by atoms with van der Waals surface area (Å²) in [5.41, 5.74) is 4.81. The van der Waals surface area contributed by atoms with E-state index in [1.807, 2.05) is 7.05 Å². The van der Waals surface area contributed by atoms with Gasteiger partial charge >= 0.3 is 0 Å². The van der Waals surface area contributed by atoms with Crippen molar-refractivity contribution in [2.24, 2.45) is 61.2 Å². The number of thioether (sulfide) groups is 1. The van der Waals surface area contributed by atoms with Gasteiger partial charge in [0.2, 0.25) is 0 Å². The normalized spacial score (nSPS) is 51.3. The van der Waals surface area contributed by atoms with Gasteiger partial charge in [0, 0.05) is 35.4 Å². The van der Waals surface area contributed by atoms with E-state index in [2.05, 4.69) is 42.2 Å². The van der Waals surface area contributed by atoms with Gasteiger partial charge in [0.15, 0.2) is 0 Å². The number of rotatable bonds is 3. The molecule has 0 amide bonds. The maximum atomic E-state index is 8.67. The maximum absolute atomic E-state index is 8.67. The SMILES string of the molecule is CC12CC(C1)C2.CC12CC(C1)C2.CN=C(C#N)C12CC(C1)C2.CN=C(C)C12CC(C1)C2.N#CSC12CC(C1)C2. The van der Waals surface area contributed by atoms with E-state index in [-0.39, 0.29) is 5.41 Å². The highest BCUT2D eigenvalue weighted by Crippen LogP contribution is 2.67. The quantitative estimate of drug-likeness (QED) is 0.263. The van der Waals surface area contributed by atoms with E-state index in [0.717, 1.165) is 34.3 Å². The zero-order valence-electron chi connectivity index (χ0n) is 25.2. The highest BCUT2D eigenvalue weighted by Gasteiger charge is 2.60. The summed E-state index contributed by atoms with van der Waals surface area (Å²) in [7, 11) is 3.63. The van der Waals surface area contributed by atoms with Gasteiger partial charge in [0.05, 0.1) is 0 Å². The number of hydrogen-bond acceptors (Lipinski definition) is 5. The first-order valence-corrected chi connectivity index (χ1v) is 16.7. The van der Waals surface area contributed by atoms with Crippen LogP contribution in [0.4, 0.5) is 0 Å². The van der Waals surface area contributed by atoms with Crippen LogP contribution in [0.1, 0.15) is 117 Å². The molecule has 15 aliphatic rings. The van der Waals surface area contributed by atoms with Crippen LogP contribution in [0, 0.1) is 73.2 Å². The predicted molar refractivity (Wildman–Crippen MR) is 162 cm³/mol. The Balaban J connectivity index is 0.0000000897. The number of nitriles is 2. The third-order valence-electron chi connectivity index (χ3n) is 12.9. The zero-order valence-corrected chi connectivity index (χ0v) is 26.0. The molecule has 0 aromatic rings. The smallest absolute Gasteiger partial charge is 0.133 e. The predicted octanol–water partition coefficient (Wildman–Crippen LogP) is 8.62. The van der Waals surface area contributed by atoms with Crippen molar-refractivity contribution in [1.82, 2.24) is 0 Å². The Kier molecular flexibility index (Phi) is 6.86. The summed E-state index contributed by atoms with van der Waals surface area (Å²) in [6.45, 7) is 6.97. The fourth-order valence-corrected chi connectivity index (χ4v) is 10.9. The molecule has 0 aliphatic heterocycles. The van der Waals surface area contributed by atoms with E-state index in [1.165, 1.54) is 87.1 Å². The van der Waals surface area contributed by atoms with Crippen LogP contribution >= 0.6 is 11.8 Å². The van der Waals surface area contributed by atoms with Crippen LogP contribution in [0.5, 0.6) is 0 Å². The second-order valence-corrected chi connectivity index (χ2v) is 17.7. The second-order valence-electron chi connectivity index (χ2n) is 16.4. The first-order valence-electron chi connectivity index (χ1n) is 15.9. The highest BCUT2D eigenvalue weighted by molar-refractivity contribution is 8.05. The molecule has 39 heavy (non-hydrogen) atoms. The lowest BCUT2D eigenvalue weighted by Crippen LogP contribution is -2.56. The molecule has 15 aliphatic carbocycles. The molecular formula is C34H50N4S. The molecule has 212 valence electrons. The number of nitrogens with zero attached hydrogens (tertiary/aromatic N) is 4. The summed E-state index contributed by atoms with van der Waals surface area (Å²) in [5.74, 6) is 5.38. The van der Waals surface area contributed by atoms with Crippen molar-refractivity contribution in [3.63, 3.8) is 0 Å². The number of thiocyanates is 1. The molecule has 0 atom stereocenters. The molecule has 10 bridgehead atoms. The van der Waals surface area contributed by atoms with Crippen LogP contribution in [0.3, 0.4) is 0 Å². The molecule has 0 N–H and O–H groups in total. The molecule has 0 aromatic heterocycles. The summed E-state index contributed by atoms with van der Waals surface area (Å²) >= 11 is 1.49. The van der Waals surface area contributed by atoms with Gasteiger partial charge in [-0.15, -0.1) is 0 Å². The molecule has 0 heterocycles. The molecule has 0 spiro atoms. The highest BCUT2D eigenvalue weighted by atomic mass is 32.2. The molecule has 0 saturated heterocycles. The fraction of sp³-hybridized carbons (Fsp3) is 0.882. The average Bonchev–Trinajstić information content (AvgIpc) is 2.66. The second kappa shape index (κ2) is 9.61. The first kappa shape index (κ1) is 27.8. The standard InChI is InChI=1S/C8H10N2.C8H13N.C6H7NS.2C6H10/c1-10-7(5-9)8-2-6(3-8)4-8;1-6(9-2)8-3-7(4-8)5-8;7-4-8-6-1-5(2-6)3-6;2*1-6-2-5(3-6)4-6/h6H,2-4H2,1H3;7H,3-5H2,1-2H3;5H,1-3H2;2*5H,2-4H2,1H3. The minimum Gasteiger partial charge on any atom is -0.297 e. The van der Waals surface area contributed by atoms with Gasteiger partial charge in [-0.05, 0) is 155 Å². The maximum Gasteiger partial charge on any atom is 0.133 e. The first-order chi connectivity index (χ1) is 18.5. The van der Waals surface area contributed by atoms with Gasteiger partial charge in [0.1, 0.15) is 17.2 Å². The van der Waals surface area contributed by atoms with Gasteiger partial charge in [0.25, 0.3) is 0 Å². The van der Waals surface area contributed by atoms with Crippen LogP contribution in [-0.2, 0) is 0 Å². The molecule has 5 heteroatoms. The van der Waals surface area contributed by atoms with Gasteiger partial charge in [-0.3, -0.25) is 9.98 Å². The zero-order chi connectivity index (χ0) is 27.7. The van der Waals surface area contributed by atoms with Crippen LogP contribution in [-0.4, -0.2) is 30.3 Å². The Bertz CT molecular complexity index is 1030. The Morgan fingerprint density at radius 1 is 0.615 bits per heavy atom. The van der Waals surface area contributed by atoms with Crippen molar-refractivity contribution in [2.75, 3.05) is 14.1 Å². The summed E-state index contributed by atoms with van der Waals surface area (Å²) in [6.07, 6.45) is 21.3. The Labute approximate surface area is 241 Å². The van der Waals surface area contributed by atoms with E-state index in [4.69, 9.17) is 10.5 Å². The van der Waals surface area contributed by atoms with Gasteiger partial charge in [-0.1, -0.05) is 13.8 Å². The minimum atomic E-state index is 0.272. The van der Waals surface area contributed by atoms with Crippen molar-refractivity contribution < 1.29 is 0 Å². The molecule has 4 nitrogen and oxygen atoms in total. The van der Waals surface area contributed by atoms with E-state index in [9.17, 15) is 0 Å². The van der Waals surface area contributed by atoms with E-state index < -0.39 is 0 Å². The van der Waals surface area contributed by atoms with Crippen LogP contribution < -0.4 is 0 Å². The summed E-state index contributed by atoms with van der Waals surface area (Å²) in [4.78, 5) is 8.23. The lowest BCUT2D eigenvalue weighted by molar-refractivity contribution is -0.0883. The number of hydrogen-bond donors (Lipinski definition) is 0.